The second kappa shape index (κ2) is 6.41. The summed E-state index contributed by atoms with van der Waals surface area (Å²) in [6.07, 6.45) is 0.367. The fourth-order valence-electron chi connectivity index (χ4n) is 2.42. The first-order valence-corrected chi connectivity index (χ1v) is 7.83. The maximum Gasteiger partial charge on any atom is 0.416 e. The maximum absolute atomic E-state index is 12.9. The fourth-order valence-corrected chi connectivity index (χ4v) is 3.02. The van der Waals surface area contributed by atoms with Gasteiger partial charge in [0.25, 0.3) is 0 Å². The molecule has 1 aromatic heterocycles. The van der Waals surface area contributed by atoms with Crippen molar-refractivity contribution in [1.29, 1.82) is 0 Å². The smallest absolute Gasteiger partial charge is 0.207 e. The van der Waals surface area contributed by atoms with E-state index in [2.05, 4.69) is 29.8 Å². The molecule has 1 nitrogen and oxygen atoms in total. The third-order valence-electron chi connectivity index (χ3n) is 3.34. The van der Waals surface area contributed by atoms with Gasteiger partial charge in [-0.25, -0.2) is 4.57 Å². The minimum absolute atomic E-state index is 0.466. The molecule has 0 fully saturated rings. The standard InChI is InChI=1S/C17H18BrF3N/c1-11(2)7-13-9-22(3)10-15(16(13)18)12-5-4-6-14(8-12)17(19,20)21/h4-6,8-11H,7H2,1-3H3/q+1. The van der Waals surface area contributed by atoms with Crippen LogP contribution in [-0.2, 0) is 19.6 Å². The summed E-state index contributed by atoms with van der Waals surface area (Å²) in [5.41, 5.74) is 1.79. The van der Waals surface area contributed by atoms with Crippen LogP contribution in [0.1, 0.15) is 25.0 Å². The Morgan fingerprint density at radius 3 is 2.45 bits per heavy atom. The van der Waals surface area contributed by atoms with E-state index in [0.717, 1.165) is 28.1 Å². The second-order valence-corrected chi connectivity index (χ2v) is 6.65. The van der Waals surface area contributed by atoms with E-state index in [9.17, 15) is 13.2 Å². The summed E-state index contributed by atoms with van der Waals surface area (Å²) in [5, 5.41) is 0. The Morgan fingerprint density at radius 2 is 1.86 bits per heavy atom. The Morgan fingerprint density at radius 1 is 1.18 bits per heavy atom. The van der Waals surface area contributed by atoms with Crippen LogP contribution in [0.15, 0.2) is 41.1 Å². The normalized spacial score (nSPS) is 12.0. The predicted molar refractivity (Wildman–Crippen MR) is 84.3 cm³/mol. The molecular weight excluding hydrogens is 355 g/mol. The number of halogens is 4. The van der Waals surface area contributed by atoms with Gasteiger partial charge in [-0.05, 0) is 46.0 Å². The molecule has 0 saturated heterocycles. The zero-order chi connectivity index (χ0) is 16.5. The Balaban J connectivity index is 2.55. The van der Waals surface area contributed by atoms with Gasteiger partial charge in [-0.1, -0.05) is 26.0 Å². The monoisotopic (exact) mass is 372 g/mol. The van der Waals surface area contributed by atoms with Crippen LogP contribution in [-0.4, -0.2) is 0 Å². The summed E-state index contributed by atoms with van der Waals surface area (Å²) in [7, 11) is 1.88. The van der Waals surface area contributed by atoms with Gasteiger partial charge in [0, 0.05) is 10.0 Å². The Labute approximate surface area is 136 Å². The molecule has 0 N–H and O–H groups in total. The Hall–Kier alpha value is -1.36. The van der Waals surface area contributed by atoms with Crippen molar-refractivity contribution in [2.24, 2.45) is 13.0 Å². The van der Waals surface area contributed by atoms with E-state index in [1.54, 1.807) is 6.07 Å². The van der Waals surface area contributed by atoms with E-state index >= 15 is 0 Å². The van der Waals surface area contributed by atoms with Crippen molar-refractivity contribution in [2.45, 2.75) is 26.4 Å². The number of rotatable bonds is 3. The number of benzene rings is 1. The highest BCUT2D eigenvalue weighted by Crippen LogP contribution is 2.35. The van der Waals surface area contributed by atoms with Crippen molar-refractivity contribution < 1.29 is 17.7 Å². The van der Waals surface area contributed by atoms with Crippen LogP contribution in [0.5, 0.6) is 0 Å². The number of aryl methyl sites for hydroxylation is 1. The van der Waals surface area contributed by atoms with E-state index in [4.69, 9.17) is 0 Å². The lowest BCUT2D eigenvalue weighted by Crippen LogP contribution is -2.28. The first kappa shape index (κ1) is 17.0. The number of alkyl halides is 3. The first-order chi connectivity index (χ1) is 10.2. The number of hydrogen-bond donors (Lipinski definition) is 0. The lowest BCUT2D eigenvalue weighted by atomic mass is 9.99. The molecule has 0 aliphatic carbocycles. The van der Waals surface area contributed by atoms with Crippen LogP contribution in [0, 0.1) is 5.92 Å². The third-order valence-corrected chi connectivity index (χ3v) is 4.28. The van der Waals surface area contributed by atoms with Crippen molar-refractivity contribution >= 4 is 15.9 Å². The molecule has 0 radical (unpaired) electrons. The lowest BCUT2D eigenvalue weighted by molar-refractivity contribution is -0.671. The van der Waals surface area contributed by atoms with E-state index in [-0.39, 0.29) is 0 Å². The maximum atomic E-state index is 12.9. The minimum Gasteiger partial charge on any atom is -0.207 e. The molecule has 0 amide bonds. The van der Waals surface area contributed by atoms with E-state index in [0.29, 0.717) is 11.5 Å². The predicted octanol–water partition coefficient (Wildman–Crippen LogP) is 5.16. The van der Waals surface area contributed by atoms with Gasteiger partial charge in [0.1, 0.15) is 7.05 Å². The number of hydrogen-bond acceptors (Lipinski definition) is 0. The summed E-state index contributed by atoms with van der Waals surface area (Å²) >= 11 is 3.56. The van der Waals surface area contributed by atoms with Crippen molar-refractivity contribution in [3.05, 3.63) is 52.3 Å². The Bertz CT molecular complexity index is 678. The molecule has 0 aliphatic rings. The van der Waals surface area contributed by atoms with Crippen LogP contribution in [0.2, 0.25) is 0 Å². The number of pyridine rings is 1. The highest BCUT2D eigenvalue weighted by Gasteiger charge is 2.30. The molecule has 5 heteroatoms. The van der Waals surface area contributed by atoms with Crippen molar-refractivity contribution in [1.82, 2.24) is 0 Å². The average molecular weight is 373 g/mol. The molecule has 1 heterocycles. The van der Waals surface area contributed by atoms with Crippen molar-refractivity contribution in [3.8, 4) is 11.1 Å². The molecule has 0 saturated carbocycles. The van der Waals surface area contributed by atoms with Crippen LogP contribution in [0.3, 0.4) is 0 Å². The Kier molecular flexibility index (Phi) is 4.95. The average Bonchev–Trinajstić information content (AvgIpc) is 2.41. The summed E-state index contributed by atoms with van der Waals surface area (Å²) in [4.78, 5) is 0. The van der Waals surface area contributed by atoms with E-state index in [1.165, 1.54) is 12.1 Å². The molecule has 0 bridgehead atoms. The van der Waals surface area contributed by atoms with Crippen molar-refractivity contribution in [3.63, 3.8) is 0 Å². The topological polar surface area (TPSA) is 3.88 Å². The van der Waals surface area contributed by atoms with Crippen molar-refractivity contribution in [2.75, 3.05) is 0 Å². The van der Waals surface area contributed by atoms with Gasteiger partial charge in [0.15, 0.2) is 12.4 Å². The molecule has 0 atom stereocenters. The molecule has 1 aromatic carbocycles. The van der Waals surface area contributed by atoms with Gasteiger partial charge < -0.3 is 0 Å². The zero-order valence-electron chi connectivity index (χ0n) is 12.7. The van der Waals surface area contributed by atoms with Gasteiger partial charge in [-0.15, -0.1) is 0 Å². The molecule has 2 aromatic rings. The number of aromatic nitrogens is 1. The fraction of sp³-hybridized carbons (Fsp3) is 0.353. The summed E-state index contributed by atoms with van der Waals surface area (Å²) in [6, 6.07) is 5.43. The van der Waals surface area contributed by atoms with Gasteiger partial charge in [0.05, 0.1) is 11.1 Å². The van der Waals surface area contributed by atoms with E-state index in [1.807, 2.05) is 24.0 Å². The minimum atomic E-state index is -4.33. The molecule has 0 aliphatic heterocycles. The summed E-state index contributed by atoms with van der Waals surface area (Å²) < 4.78 is 41.4. The zero-order valence-corrected chi connectivity index (χ0v) is 14.3. The highest BCUT2D eigenvalue weighted by molar-refractivity contribution is 9.10. The third kappa shape index (κ3) is 3.88. The molecule has 2 rings (SSSR count). The van der Waals surface area contributed by atoms with Crippen LogP contribution < -0.4 is 4.57 Å². The summed E-state index contributed by atoms with van der Waals surface area (Å²) in [5.74, 6) is 0.466. The molecule has 0 unspecified atom stereocenters. The SMILES string of the molecule is CC(C)Cc1c[n+](C)cc(-c2cccc(C(F)(F)F)c2)c1Br. The molecule has 118 valence electrons. The van der Waals surface area contributed by atoms with Gasteiger partial charge in [0.2, 0.25) is 0 Å². The first-order valence-electron chi connectivity index (χ1n) is 7.03. The van der Waals surface area contributed by atoms with Crippen LogP contribution >= 0.6 is 15.9 Å². The quantitative estimate of drug-likeness (QED) is 0.655. The van der Waals surface area contributed by atoms with E-state index < -0.39 is 11.7 Å². The van der Waals surface area contributed by atoms with Gasteiger partial charge >= 0.3 is 6.18 Å². The van der Waals surface area contributed by atoms with Gasteiger partial charge in [-0.2, -0.15) is 13.2 Å². The van der Waals surface area contributed by atoms with Crippen LogP contribution in [0.25, 0.3) is 11.1 Å². The lowest BCUT2D eigenvalue weighted by Gasteiger charge is -2.12. The molecule has 0 spiro atoms. The number of nitrogens with zero attached hydrogens (tertiary/aromatic N) is 1. The summed E-state index contributed by atoms with van der Waals surface area (Å²) in [6.45, 7) is 4.23. The molecule has 22 heavy (non-hydrogen) atoms. The molecular formula is C17H18BrF3N+. The second-order valence-electron chi connectivity index (χ2n) is 5.85. The largest absolute Gasteiger partial charge is 0.416 e. The van der Waals surface area contributed by atoms with Crippen LogP contribution in [0.4, 0.5) is 13.2 Å². The van der Waals surface area contributed by atoms with Gasteiger partial charge in [-0.3, -0.25) is 0 Å². The highest BCUT2D eigenvalue weighted by atomic mass is 79.9.